The molecule has 2 aromatic carbocycles. The van der Waals surface area contributed by atoms with E-state index in [2.05, 4.69) is 10.1 Å². The van der Waals surface area contributed by atoms with Crippen LogP contribution in [-0.4, -0.2) is 32.4 Å². The Labute approximate surface area is 186 Å². The molecule has 8 nitrogen and oxygen atoms in total. The summed E-state index contributed by atoms with van der Waals surface area (Å²) in [6.07, 6.45) is 0. The first kappa shape index (κ1) is 19.9. The van der Waals surface area contributed by atoms with E-state index in [9.17, 15) is 8.42 Å². The highest BCUT2D eigenvalue weighted by atomic mass is 35.5. The van der Waals surface area contributed by atoms with Gasteiger partial charge in [0.05, 0.1) is 5.69 Å². The molecule has 0 amide bonds. The molecule has 158 valence electrons. The molecule has 0 atom stereocenters. The first-order valence-electron chi connectivity index (χ1n) is 8.99. The van der Waals surface area contributed by atoms with E-state index in [0.717, 1.165) is 0 Å². The number of ether oxygens (including phenoxy) is 2. The van der Waals surface area contributed by atoms with Crippen LogP contribution in [0, 0.1) is 0 Å². The van der Waals surface area contributed by atoms with E-state index >= 15 is 0 Å². The van der Waals surface area contributed by atoms with E-state index < -0.39 is 10.0 Å². The highest BCUT2D eigenvalue weighted by molar-refractivity contribution is 7.93. The van der Waals surface area contributed by atoms with E-state index in [0.29, 0.717) is 38.5 Å². The summed E-state index contributed by atoms with van der Waals surface area (Å²) in [5.41, 5.74) is 1.15. The fourth-order valence-corrected chi connectivity index (χ4v) is 5.68. The number of rotatable bonds is 5. The average molecular weight is 476 g/mol. The Morgan fingerprint density at radius 2 is 1.84 bits per heavy atom. The van der Waals surface area contributed by atoms with Gasteiger partial charge in [0.2, 0.25) is 12.6 Å². The third-order valence-electron chi connectivity index (χ3n) is 4.71. The second kappa shape index (κ2) is 7.56. The van der Waals surface area contributed by atoms with Gasteiger partial charge >= 0.3 is 0 Å². The summed E-state index contributed by atoms with van der Waals surface area (Å²) in [6.45, 7) is 0.108. The second-order valence-electron chi connectivity index (χ2n) is 6.55. The Bertz CT molecular complexity index is 1370. The van der Waals surface area contributed by atoms with Crippen molar-refractivity contribution in [2.75, 3.05) is 18.1 Å². The van der Waals surface area contributed by atoms with Crippen LogP contribution in [0.3, 0.4) is 0 Å². The fraction of sp³-hybridized carbons (Fsp3) is 0.100. The molecular weight excluding hydrogens is 462 g/mol. The topological polar surface area (TPSA) is 94.8 Å². The number of sulfonamides is 1. The lowest BCUT2D eigenvalue weighted by Crippen LogP contribution is -2.26. The molecule has 0 saturated carbocycles. The molecule has 1 aliphatic heterocycles. The molecule has 0 saturated heterocycles. The van der Waals surface area contributed by atoms with Crippen molar-refractivity contribution in [3.63, 3.8) is 0 Å². The summed E-state index contributed by atoms with van der Waals surface area (Å²) in [5, 5.41) is 6.23. The van der Waals surface area contributed by atoms with Gasteiger partial charge < -0.3 is 14.0 Å². The minimum absolute atomic E-state index is 0.0731. The van der Waals surface area contributed by atoms with Crippen LogP contribution in [0.1, 0.15) is 0 Å². The van der Waals surface area contributed by atoms with Gasteiger partial charge in [-0.1, -0.05) is 16.8 Å². The minimum Gasteiger partial charge on any atom is -0.454 e. The van der Waals surface area contributed by atoms with Crippen LogP contribution in [0.5, 0.6) is 11.5 Å². The monoisotopic (exact) mass is 475 g/mol. The van der Waals surface area contributed by atoms with Gasteiger partial charge in [0, 0.05) is 23.7 Å². The normalized spacial score (nSPS) is 12.8. The molecule has 0 aliphatic carbocycles. The van der Waals surface area contributed by atoms with E-state index in [1.807, 2.05) is 0 Å². The maximum absolute atomic E-state index is 13.4. The number of halogens is 1. The number of thiophene rings is 1. The number of aromatic nitrogens is 2. The zero-order chi connectivity index (χ0) is 21.6. The van der Waals surface area contributed by atoms with Crippen LogP contribution in [0.25, 0.3) is 22.2 Å². The van der Waals surface area contributed by atoms with E-state index in [1.165, 1.54) is 28.8 Å². The molecule has 0 N–H and O–H groups in total. The lowest BCUT2D eigenvalue weighted by molar-refractivity contribution is 0.174. The van der Waals surface area contributed by atoms with Crippen molar-refractivity contribution in [2.45, 2.75) is 4.90 Å². The zero-order valence-corrected chi connectivity index (χ0v) is 18.4. The minimum atomic E-state index is -3.90. The predicted octanol–water partition coefficient (Wildman–Crippen LogP) is 4.67. The standard InChI is InChI=1S/C20H14ClN3O5S2/c1-24(14-6-7-15-16(10-14)28-11-27-15)31(25,26)17-8-9-30-18(17)20-22-19(23-29-20)12-2-4-13(21)5-3-12/h2-10H,11H2,1H3. The van der Waals surface area contributed by atoms with Gasteiger partial charge in [-0.05, 0) is 47.8 Å². The molecule has 0 spiro atoms. The van der Waals surface area contributed by atoms with Crippen molar-refractivity contribution >= 4 is 38.6 Å². The Kier molecular flexibility index (Phi) is 4.84. The van der Waals surface area contributed by atoms with Gasteiger partial charge in [0.15, 0.2) is 11.5 Å². The molecule has 2 aromatic heterocycles. The zero-order valence-electron chi connectivity index (χ0n) is 16.0. The second-order valence-corrected chi connectivity index (χ2v) is 9.84. The summed E-state index contributed by atoms with van der Waals surface area (Å²) in [5.74, 6) is 1.53. The maximum Gasteiger partial charge on any atom is 0.269 e. The van der Waals surface area contributed by atoms with Crippen molar-refractivity contribution in [1.29, 1.82) is 0 Å². The molecule has 31 heavy (non-hydrogen) atoms. The Balaban J connectivity index is 1.49. The smallest absolute Gasteiger partial charge is 0.269 e. The van der Waals surface area contributed by atoms with Gasteiger partial charge in [0.1, 0.15) is 9.77 Å². The first-order valence-corrected chi connectivity index (χ1v) is 11.7. The number of hydrogen-bond acceptors (Lipinski definition) is 8. The molecule has 1 aliphatic rings. The Morgan fingerprint density at radius 1 is 1.06 bits per heavy atom. The molecule has 11 heteroatoms. The van der Waals surface area contributed by atoms with Crippen molar-refractivity contribution in [3.8, 4) is 33.7 Å². The summed E-state index contributed by atoms with van der Waals surface area (Å²) in [7, 11) is -2.43. The van der Waals surface area contributed by atoms with E-state index in [1.54, 1.807) is 47.8 Å². The summed E-state index contributed by atoms with van der Waals surface area (Å²) >= 11 is 7.12. The highest BCUT2D eigenvalue weighted by Crippen LogP contribution is 2.39. The summed E-state index contributed by atoms with van der Waals surface area (Å²) in [4.78, 5) is 4.81. The number of benzene rings is 2. The molecule has 0 radical (unpaired) electrons. The van der Waals surface area contributed by atoms with Crippen LogP contribution in [0.15, 0.2) is 63.3 Å². The average Bonchev–Trinajstić information content (AvgIpc) is 3.53. The fourth-order valence-electron chi connectivity index (χ4n) is 3.06. The number of anilines is 1. The Hall–Kier alpha value is -3.08. The molecule has 4 aromatic rings. The lowest BCUT2D eigenvalue weighted by Gasteiger charge is -2.19. The molecule has 0 fully saturated rings. The number of hydrogen-bond donors (Lipinski definition) is 0. The molecular formula is C20H14ClN3O5S2. The summed E-state index contributed by atoms with van der Waals surface area (Å²) in [6, 6.07) is 13.4. The van der Waals surface area contributed by atoms with Gasteiger partial charge in [0.25, 0.3) is 15.9 Å². The quantitative estimate of drug-likeness (QED) is 0.413. The molecule has 3 heterocycles. The maximum atomic E-state index is 13.4. The SMILES string of the molecule is CN(c1ccc2c(c1)OCO2)S(=O)(=O)c1ccsc1-c1nc(-c2ccc(Cl)cc2)no1. The molecule has 0 unspecified atom stereocenters. The van der Waals surface area contributed by atoms with E-state index in [4.69, 9.17) is 25.6 Å². The van der Waals surface area contributed by atoms with Gasteiger partial charge in [-0.3, -0.25) is 4.31 Å². The van der Waals surface area contributed by atoms with Crippen molar-refractivity contribution < 1.29 is 22.4 Å². The van der Waals surface area contributed by atoms with Crippen LogP contribution in [0.4, 0.5) is 5.69 Å². The lowest BCUT2D eigenvalue weighted by atomic mass is 10.2. The number of fused-ring (bicyclic) bond motifs is 1. The van der Waals surface area contributed by atoms with Crippen LogP contribution in [-0.2, 0) is 10.0 Å². The van der Waals surface area contributed by atoms with Gasteiger partial charge in [-0.25, -0.2) is 8.42 Å². The highest BCUT2D eigenvalue weighted by Gasteiger charge is 2.29. The third kappa shape index (κ3) is 3.52. The van der Waals surface area contributed by atoms with Crippen molar-refractivity contribution in [1.82, 2.24) is 10.1 Å². The van der Waals surface area contributed by atoms with Gasteiger partial charge in [-0.2, -0.15) is 4.98 Å². The molecule has 5 rings (SSSR count). The summed E-state index contributed by atoms with van der Waals surface area (Å²) < 4.78 is 43.9. The van der Waals surface area contributed by atoms with Crippen molar-refractivity contribution in [2.24, 2.45) is 0 Å². The van der Waals surface area contributed by atoms with Crippen molar-refractivity contribution in [3.05, 3.63) is 58.9 Å². The van der Waals surface area contributed by atoms with Crippen LogP contribution < -0.4 is 13.8 Å². The first-order chi connectivity index (χ1) is 14.9. The van der Waals surface area contributed by atoms with Gasteiger partial charge in [-0.15, -0.1) is 11.3 Å². The Morgan fingerprint density at radius 3 is 2.65 bits per heavy atom. The van der Waals surface area contributed by atoms with E-state index in [-0.39, 0.29) is 17.6 Å². The predicted molar refractivity (Wildman–Crippen MR) is 116 cm³/mol. The number of nitrogens with zero attached hydrogens (tertiary/aromatic N) is 3. The van der Waals surface area contributed by atoms with Crippen LogP contribution in [0.2, 0.25) is 5.02 Å². The largest absolute Gasteiger partial charge is 0.454 e. The van der Waals surface area contributed by atoms with Crippen LogP contribution >= 0.6 is 22.9 Å². The third-order valence-corrected chi connectivity index (χ3v) is 7.82. The molecule has 0 bridgehead atoms.